The summed E-state index contributed by atoms with van der Waals surface area (Å²) in [7, 11) is 0. The lowest BCUT2D eigenvalue weighted by Crippen LogP contribution is -1.62. The summed E-state index contributed by atoms with van der Waals surface area (Å²) in [6.07, 6.45) is 1.50. The minimum atomic E-state index is 0. The van der Waals surface area contributed by atoms with Crippen molar-refractivity contribution >= 4 is 12.2 Å². The van der Waals surface area contributed by atoms with Crippen molar-refractivity contribution in [2.24, 2.45) is 0 Å². The van der Waals surface area contributed by atoms with Crippen molar-refractivity contribution < 1.29 is 11.0 Å². The molecule has 0 heterocycles. The van der Waals surface area contributed by atoms with Crippen LogP contribution in [0.1, 0.15) is 6.99 Å². The number of aryl methyl sites for hydroxylation is 1. The van der Waals surface area contributed by atoms with Crippen LogP contribution in [-0.4, -0.2) is 12.2 Å². The molecule has 0 bridgehead atoms. The van der Waals surface area contributed by atoms with Crippen molar-refractivity contribution in [2.45, 2.75) is 6.92 Å². The van der Waals surface area contributed by atoms with Crippen molar-refractivity contribution in [3.05, 3.63) is 35.9 Å². The van der Waals surface area contributed by atoms with E-state index < -0.39 is 0 Å². The predicted octanol–water partition coefficient (Wildman–Crippen LogP) is 1.91. The number of hydrogen-bond acceptors (Lipinski definition) is 4. The molecule has 1 radical (unpaired) electrons. The Bertz CT molecular complexity index is 264. The molecule has 0 amide bonds. The summed E-state index contributed by atoms with van der Waals surface area (Å²) >= 11 is 0. The van der Waals surface area contributed by atoms with Crippen LogP contribution in [0.5, 0.6) is 0 Å². The average molecular weight is 179 g/mol. The van der Waals surface area contributed by atoms with E-state index in [1.54, 1.807) is 0 Å². The van der Waals surface area contributed by atoms with Gasteiger partial charge in [0.1, 0.15) is 0 Å². The molecule has 13 heavy (non-hydrogen) atoms. The molecule has 0 unspecified atom stereocenters. The molecule has 69 valence electrons. The fraction of sp³-hybridized carbons (Fsp3) is 0.111. The molecular formula is C9H11N2O2. The Balaban J connectivity index is -0.000000150. The second-order valence-corrected chi connectivity index (χ2v) is 1.86. The zero-order valence-electron chi connectivity index (χ0n) is 8.20. The van der Waals surface area contributed by atoms with Crippen molar-refractivity contribution in [1.29, 1.82) is 10.8 Å². The fourth-order valence-electron chi connectivity index (χ4n) is 0.534. The maximum atomic E-state index is 8.35. The Morgan fingerprint density at radius 1 is 1.08 bits per heavy atom. The van der Waals surface area contributed by atoms with E-state index in [2.05, 4.69) is 19.1 Å². The van der Waals surface area contributed by atoms with Gasteiger partial charge in [-0.3, -0.25) is 0 Å². The number of isocyanates is 2. The molecule has 0 spiro atoms. The van der Waals surface area contributed by atoms with Crippen LogP contribution in [0.25, 0.3) is 0 Å². The summed E-state index contributed by atoms with van der Waals surface area (Å²) in [5.74, 6) is 0. The minimum Gasteiger partial charge on any atom is -0.222 e. The molecule has 1 rings (SSSR count). The van der Waals surface area contributed by atoms with Gasteiger partial charge in [0, 0.05) is 1.43 Å². The number of hydrogen-bond donors (Lipinski definition) is 2. The normalized spacial score (nSPS) is 5.92. The van der Waals surface area contributed by atoms with Crippen LogP contribution in [0, 0.1) is 17.7 Å². The van der Waals surface area contributed by atoms with Gasteiger partial charge in [-0.1, -0.05) is 35.9 Å². The summed E-state index contributed by atoms with van der Waals surface area (Å²) in [5, 5.41) is 10.8. The summed E-state index contributed by atoms with van der Waals surface area (Å²) in [6.45, 7) is 2.08. The van der Waals surface area contributed by atoms with E-state index in [4.69, 9.17) is 20.4 Å². The maximum absolute atomic E-state index is 8.35. The standard InChI is InChI=1S/C7H8.2CHNO.H/c1-7-5-3-2-4-6-7;2*2-1-3;/h2-6H,1H3;2*2H;. The lowest BCUT2D eigenvalue weighted by atomic mass is 10.2. The van der Waals surface area contributed by atoms with Crippen LogP contribution in [-0.2, 0) is 9.59 Å². The Labute approximate surface area is 77.7 Å². The predicted molar refractivity (Wildman–Crippen MR) is 49.1 cm³/mol. The summed E-state index contributed by atoms with van der Waals surface area (Å²) in [5.41, 5.74) is 1.32. The molecular weight excluding hydrogens is 168 g/mol. The number of carbonyl (C=O) groups excluding carboxylic acids is 2. The number of rotatable bonds is 0. The highest BCUT2D eigenvalue weighted by Crippen LogP contribution is 1.92. The van der Waals surface area contributed by atoms with E-state index >= 15 is 0 Å². The SMILES string of the molecule is Cc1ccccc1.N=C=O.N=C=O.[H]. The van der Waals surface area contributed by atoms with Crippen molar-refractivity contribution in [3.63, 3.8) is 0 Å². The van der Waals surface area contributed by atoms with E-state index in [0.29, 0.717) is 0 Å². The quantitative estimate of drug-likeness (QED) is 0.471. The molecule has 2 N–H and O–H groups in total. The lowest BCUT2D eigenvalue weighted by molar-refractivity contribution is 0.562. The number of nitrogens with one attached hydrogen (secondary N) is 2. The Morgan fingerprint density at radius 3 is 1.54 bits per heavy atom. The van der Waals surface area contributed by atoms with Crippen LogP contribution >= 0.6 is 0 Å². The third-order valence-electron chi connectivity index (χ3n) is 0.940. The first-order valence-corrected chi connectivity index (χ1v) is 3.32. The van der Waals surface area contributed by atoms with Gasteiger partial charge in [-0.25, -0.2) is 20.4 Å². The van der Waals surface area contributed by atoms with Crippen molar-refractivity contribution in [1.82, 2.24) is 0 Å². The van der Waals surface area contributed by atoms with Gasteiger partial charge in [0.05, 0.1) is 0 Å². The van der Waals surface area contributed by atoms with Crippen molar-refractivity contribution in [2.75, 3.05) is 0 Å². The van der Waals surface area contributed by atoms with Gasteiger partial charge in [0.15, 0.2) is 0 Å². The largest absolute Gasteiger partial charge is 0.231 e. The minimum absolute atomic E-state index is 0. The summed E-state index contributed by atoms with van der Waals surface area (Å²) < 4.78 is 0. The highest BCUT2D eigenvalue weighted by Gasteiger charge is 1.72. The molecule has 0 aliphatic carbocycles. The smallest absolute Gasteiger partial charge is 0.222 e. The van der Waals surface area contributed by atoms with E-state index in [1.165, 1.54) is 5.56 Å². The highest BCUT2D eigenvalue weighted by molar-refractivity contribution is 5.26. The molecule has 1 aromatic rings. The second-order valence-electron chi connectivity index (χ2n) is 1.86. The molecule has 0 aliphatic rings. The van der Waals surface area contributed by atoms with Gasteiger partial charge in [0.2, 0.25) is 12.2 Å². The van der Waals surface area contributed by atoms with Crippen LogP contribution in [0.3, 0.4) is 0 Å². The number of benzene rings is 1. The Kier molecular flexibility index (Phi) is 13.2. The van der Waals surface area contributed by atoms with Gasteiger partial charge in [0.25, 0.3) is 0 Å². The van der Waals surface area contributed by atoms with Gasteiger partial charge in [-0.05, 0) is 6.92 Å². The van der Waals surface area contributed by atoms with Gasteiger partial charge in [-0.2, -0.15) is 0 Å². The van der Waals surface area contributed by atoms with Gasteiger partial charge >= 0.3 is 0 Å². The van der Waals surface area contributed by atoms with E-state index in [1.807, 2.05) is 18.2 Å². The molecule has 4 nitrogen and oxygen atoms in total. The Hall–Kier alpha value is -2.02. The van der Waals surface area contributed by atoms with E-state index in [0.717, 1.165) is 12.2 Å². The first-order chi connectivity index (χ1) is 6.22. The second kappa shape index (κ2) is 12.6. The Morgan fingerprint density at radius 2 is 1.38 bits per heavy atom. The monoisotopic (exact) mass is 179 g/mol. The molecule has 0 saturated carbocycles. The van der Waals surface area contributed by atoms with Crippen LogP contribution in [0.4, 0.5) is 0 Å². The molecule has 1 aromatic carbocycles. The maximum Gasteiger partial charge on any atom is 0.231 e. The molecule has 4 heteroatoms. The van der Waals surface area contributed by atoms with Gasteiger partial charge in [-0.15, -0.1) is 0 Å². The van der Waals surface area contributed by atoms with E-state index in [-0.39, 0.29) is 1.43 Å². The fourth-order valence-corrected chi connectivity index (χ4v) is 0.534. The highest BCUT2D eigenvalue weighted by atomic mass is 16.1. The third kappa shape index (κ3) is 17.8. The molecule has 0 saturated heterocycles. The van der Waals surface area contributed by atoms with E-state index in [9.17, 15) is 0 Å². The lowest BCUT2D eigenvalue weighted by Gasteiger charge is -1.82. The van der Waals surface area contributed by atoms with Crippen molar-refractivity contribution in [3.8, 4) is 0 Å². The van der Waals surface area contributed by atoms with Gasteiger partial charge < -0.3 is 0 Å². The van der Waals surface area contributed by atoms with Crippen LogP contribution in [0.2, 0.25) is 0 Å². The summed E-state index contributed by atoms with van der Waals surface area (Å²) in [4.78, 5) is 16.7. The molecule has 0 fully saturated rings. The van der Waals surface area contributed by atoms with Crippen LogP contribution < -0.4 is 0 Å². The topological polar surface area (TPSA) is 81.8 Å². The first-order valence-electron chi connectivity index (χ1n) is 3.32. The van der Waals surface area contributed by atoms with Crippen LogP contribution in [0.15, 0.2) is 30.3 Å². The molecule has 0 atom stereocenters. The zero-order chi connectivity index (χ0) is 10.5. The molecule has 0 aromatic heterocycles. The average Bonchev–Trinajstić information content (AvgIpc) is 2.08. The zero-order valence-corrected chi connectivity index (χ0v) is 7.20. The molecule has 0 aliphatic heterocycles. The third-order valence-corrected chi connectivity index (χ3v) is 0.940. The first kappa shape index (κ1) is 13.6. The summed E-state index contributed by atoms with van der Waals surface area (Å²) in [6, 6.07) is 10.3.